The average Bonchev–Trinajstić information content (AvgIpc) is 2.34. The molecular formula is C14H20O3SSi. The highest BCUT2D eigenvalue weighted by molar-refractivity contribution is 7.91. The highest BCUT2D eigenvalue weighted by Gasteiger charge is 2.13. The summed E-state index contributed by atoms with van der Waals surface area (Å²) in [6, 6.07) is 6.64. The molecule has 0 aliphatic heterocycles. The third-order valence-corrected chi connectivity index (χ3v) is 5.06. The van der Waals surface area contributed by atoms with Gasteiger partial charge in [0.2, 0.25) is 0 Å². The molecule has 1 N–H and O–H groups in total. The number of sulfone groups is 1. The van der Waals surface area contributed by atoms with Crippen LogP contribution in [0.4, 0.5) is 0 Å². The van der Waals surface area contributed by atoms with Crippen molar-refractivity contribution >= 4 is 17.9 Å². The van der Waals surface area contributed by atoms with Crippen LogP contribution in [-0.4, -0.2) is 34.0 Å². The molecule has 0 amide bonds. The van der Waals surface area contributed by atoms with Crippen LogP contribution < -0.4 is 0 Å². The van der Waals surface area contributed by atoms with Crippen molar-refractivity contribution in [3.8, 4) is 11.5 Å². The maximum atomic E-state index is 11.9. The molecule has 5 heteroatoms. The van der Waals surface area contributed by atoms with Gasteiger partial charge >= 0.3 is 0 Å². The zero-order chi connectivity index (χ0) is 14.5. The number of aliphatic hydroxyl groups excluding tert-OH is 1. The highest BCUT2D eigenvalue weighted by atomic mass is 32.2. The predicted molar refractivity (Wildman–Crippen MR) is 80.4 cm³/mol. The van der Waals surface area contributed by atoms with Crippen LogP contribution in [0.2, 0.25) is 19.6 Å². The Balaban J connectivity index is 2.90. The smallest absolute Gasteiger partial charge is 0.178 e. The van der Waals surface area contributed by atoms with Gasteiger partial charge in [0.05, 0.1) is 10.6 Å². The van der Waals surface area contributed by atoms with Crippen molar-refractivity contribution in [3.63, 3.8) is 0 Å². The number of aliphatic hydroxyl groups is 1. The maximum absolute atomic E-state index is 11.9. The van der Waals surface area contributed by atoms with E-state index in [4.69, 9.17) is 5.11 Å². The molecule has 0 aromatic heterocycles. The number of hydrogen-bond donors (Lipinski definition) is 1. The van der Waals surface area contributed by atoms with E-state index in [1.165, 1.54) is 0 Å². The molecule has 0 fully saturated rings. The predicted octanol–water partition coefficient (Wildman–Crippen LogP) is 2.07. The first-order valence-electron chi connectivity index (χ1n) is 6.21. The molecule has 0 aliphatic rings. The standard InChI is InChI=1S/C14H20O3SSi/c1-19(2,3)12-9-13-5-7-14(8-6-13)18(16,17)11-4-10-15/h5-8,15H,4,10-11H2,1-3H3. The lowest BCUT2D eigenvalue weighted by Crippen LogP contribution is -2.16. The zero-order valence-electron chi connectivity index (χ0n) is 11.6. The normalized spacial score (nSPS) is 11.8. The molecule has 0 bridgehead atoms. The molecule has 0 unspecified atom stereocenters. The van der Waals surface area contributed by atoms with Crippen molar-refractivity contribution in [1.82, 2.24) is 0 Å². The minimum atomic E-state index is -3.28. The summed E-state index contributed by atoms with van der Waals surface area (Å²) in [6.45, 7) is 6.37. The fourth-order valence-electron chi connectivity index (χ4n) is 1.38. The molecule has 1 rings (SSSR count). The van der Waals surface area contributed by atoms with Gasteiger partial charge in [0, 0.05) is 12.2 Å². The number of hydrogen-bond acceptors (Lipinski definition) is 3. The fourth-order valence-corrected chi connectivity index (χ4v) is 3.19. The second-order valence-electron chi connectivity index (χ2n) is 5.42. The lowest BCUT2D eigenvalue weighted by atomic mass is 10.2. The molecule has 104 valence electrons. The molecular weight excluding hydrogens is 276 g/mol. The van der Waals surface area contributed by atoms with Gasteiger partial charge in [0.15, 0.2) is 9.84 Å². The summed E-state index contributed by atoms with van der Waals surface area (Å²) < 4.78 is 23.8. The van der Waals surface area contributed by atoms with Crippen molar-refractivity contribution in [1.29, 1.82) is 0 Å². The summed E-state index contributed by atoms with van der Waals surface area (Å²) in [5.41, 5.74) is 4.07. The Kier molecular flexibility index (Phi) is 5.35. The fraction of sp³-hybridized carbons (Fsp3) is 0.429. The minimum absolute atomic E-state index is 0.0244. The van der Waals surface area contributed by atoms with Crippen molar-refractivity contribution in [2.45, 2.75) is 31.0 Å². The van der Waals surface area contributed by atoms with Crippen LogP contribution in [0.5, 0.6) is 0 Å². The lowest BCUT2D eigenvalue weighted by molar-refractivity contribution is 0.295. The largest absolute Gasteiger partial charge is 0.396 e. The summed E-state index contributed by atoms with van der Waals surface area (Å²) in [5.74, 6) is 3.06. The van der Waals surface area contributed by atoms with Crippen molar-refractivity contribution in [3.05, 3.63) is 29.8 Å². The highest BCUT2D eigenvalue weighted by Crippen LogP contribution is 2.13. The van der Waals surface area contributed by atoms with Gasteiger partial charge < -0.3 is 5.11 Å². The minimum Gasteiger partial charge on any atom is -0.396 e. The van der Waals surface area contributed by atoms with Gasteiger partial charge in [-0.3, -0.25) is 0 Å². The van der Waals surface area contributed by atoms with E-state index >= 15 is 0 Å². The Morgan fingerprint density at radius 2 is 1.74 bits per heavy atom. The molecule has 0 heterocycles. The van der Waals surface area contributed by atoms with Gasteiger partial charge in [-0.15, -0.1) is 5.54 Å². The van der Waals surface area contributed by atoms with Gasteiger partial charge in [-0.2, -0.15) is 0 Å². The molecule has 0 atom stereocenters. The van der Waals surface area contributed by atoms with E-state index in [9.17, 15) is 8.42 Å². The molecule has 3 nitrogen and oxygen atoms in total. The molecule has 0 radical (unpaired) electrons. The summed E-state index contributed by atoms with van der Waals surface area (Å²) in [5, 5.41) is 8.69. The molecule has 1 aromatic rings. The van der Waals surface area contributed by atoms with Gasteiger partial charge in [-0.05, 0) is 30.7 Å². The van der Waals surface area contributed by atoms with Crippen molar-refractivity contribution in [2.24, 2.45) is 0 Å². The Hall–Kier alpha value is -1.09. The van der Waals surface area contributed by atoms with Crippen LogP contribution in [0.1, 0.15) is 12.0 Å². The van der Waals surface area contributed by atoms with Crippen LogP contribution in [-0.2, 0) is 9.84 Å². The Morgan fingerprint density at radius 3 is 2.21 bits per heavy atom. The van der Waals surface area contributed by atoms with E-state index < -0.39 is 17.9 Å². The molecule has 1 aromatic carbocycles. The van der Waals surface area contributed by atoms with Gasteiger partial charge in [-0.1, -0.05) is 25.6 Å². The van der Waals surface area contributed by atoms with Gasteiger partial charge in [0.1, 0.15) is 8.07 Å². The van der Waals surface area contributed by atoms with Crippen LogP contribution in [0, 0.1) is 11.5 Å². The molecule has 0 saturated carbocycles. The van der Waals surface area contributed by atoms with E-state index in [1.54, 1.807) is 24.3 Å². The summed E-state index contributed by atoms with van der Waals surface area (Å²) in [7, 11) is -4.70. The van der Waals surface area contributed by atoms with E-state index in [2.05, 4.69) is 31.1 Å². The quantitative estimate of drug-likeness (QED) is 0.683. The zero-order valence-corrected chi connectivity index (χ0v) is 13.4. The van der Waals surface area contributed by atoms with Crippen molar-refractivity contribution < 1.29 is 13.5 Å². The topological polar surface area (TPSA) is 54.4 Å². The van der Waals surface area contributed by atoms with E-state index in [1.807, 2.05) is 0 Å². The summed E-state index contributed by atoms with van der Waals surface area (Å²) in [6.07, 6.45) is 0.263. The monoisotopic (exact) mass is 296 g/mol. The molecule has 0 saturated heterocycles. The van der Waals surface area contributed by atoms with Crippen LogP contribution in [0.15, 0.2) is 29.2 Å². The first-order valence-corrected chi connectivity index (χ1v) is 11.4. The second-order valence-corrected chi connectivity index (χ2v) is 12.3. The maximum Gasteiger partial charge on any atom is 0.178 e. The van der Waals surface area contributed by atoms with Crippen LogP contribution in [0.25, 0.3) is 0 Å². The Bertz CT molecular complexity index is 572. The number of benzene rings is 1. The van der Waals surface area contributed by atoms with Gasteiger partial charge in [0.25, 0.3) is 0 Å². The first-order chi connectivity index (χ1) is 8.74. The van der Waals surface area contributed by atoms with E-state index in [0.29, 0.717) is 4.90 Å². The van der Waals surface area contributed by atoms with Crippen LogP contribution >= 0.6 is 0 Å². The molecule has 0 aliphatic carbocycles. The van der Waals surface area contributed by atoms with Gasteiger partial charge in [-0.25, -0.2) is 8.42 Å². The lowest BCUT2D eigenvalue weighted by Gasteiger charge is -2.04. The van der Waals surface area contributed by atoms with E-state index in [0.717, 1.165) is 5.56 Å². The first kappa shape index (κ1) is 16.0. The number of rotatable bonds is 4. The van der Waals surface area contributed by atoms with Crippen molar-refractivity contribution in [2.75, 3.05) is 12.4 Å². The average molecular weight is 296 g/mol. The Labute approximate surface area is 116 Å². The summed E-state index contributed by atoms with van der Waals surface area (Å²) in [4.78, 5) is 0.291. The second kappa shape index (κ2) is 6.37. The SMILES string of the molecule is C[Si](C)(C)C#Cc1ccc(S(=O)(=O)CCCO)cc1. The van der Waals surface area contributed by atoms with Crippen LogP contribution in [0.3, 0.4) is 0 Å². The molecule has 0 spiro atoms. The summed E-state index contributed by atoms with van der Waals surface area (Å²) >= 11 is 0. The Morgan fingerprint density at radius 1 is 1.16 bits per heavy atom. The van der Waals surface area contributed by atoms with E-state index in [-0.39, 0.29) is 18.8 Å². The third-order valence-electron chi connectivity index (χ3n) is 2.37. The molecule has 19 heavy (non-hydrogen) atoms. The third kappa shape index (κ3) is 5.60.